The molecule has 2 aromatic heterocycles. The summed E-state index contributed by atoms with van der Waals surface area (Å²) in [7, 11) is 4.82. The number of methoxy groups -OCH3 is 3. The molecule has 0 saturated carbocycles. The number of allylic oxidation sites excluding steroid dienone is 1. The van der Waals surface area contributed by atoms with E-state index in [1.807, 2.05) is 36.4 Å². The minimum Gasteiger partial charge on any atom is -0.493 e. The monoisotopic (exact) mass is 402 g/mol. The number of aliphatic imine (C=N–C) groups is 1. The molecule has 1 aliphatic rings. The number of nitrogen functional groups attached to an aromatic ring is 1. The first-order valence-electron chi connectivity index (χ1n) is 9.38. The standard InChI is InChI=1S/C23H22N4O3/c1-28-19-5-4-15(10-20(19)29-2)18-12-17(16-11-21(30-3)23(24)26-13-16)22(27-18)14-6-8-25-9-7-14/h4-11,13H,12H2,1-3H3,(H2,24,26). The summed E-state index contributed by atoms with van der Waals surface area (Å²) in [6.45, 7) is 0. The van der Waals surface area contributed by atoms with E-state index in [0.29, 0.717) is 29.5 Å². The van der Waals surface area contributed by atoms with Crippen LogP contribution in [-0.4, -0.2) is 37.0 Å². The summed E-state index contributed by atoms with van der Waals surface area (Å²) in [6, 6.07) is 11.6. The fourth-order valence-electron chi connectivity index (χ4n) is 3.45. The van der Waals surface area contributed by atoms with Gasteiger partial charge in [-0.1, -0.05) is 0 Å². The Hall–Kier alpha value is -3.87. The van der Waals surface area contributed by atoms with Crippen molar-refractivity contribution >= 4 is 22.8 Å². The van der Waals surface area contributed by atoms with Gasteiger partial charge in [-0.15, -0.1) is 0 Å². The van der Waals surface area contributed by atoms with Gasteiger partial charge in [0, 0.05) is 41.7 Å². The van der Waals surface area contributed by atoms with Crippen LogP contribution in [-0.2, 0) is 0 Å². The summed E-state index contributed by atoms with van der Waals surface area (Å²) in [4.78, 5) is 13.4. The summed E-state index contributed by atoms with van der Waals surface area (Å²) in [5, 5.41) is 0. The average molecular weight is 402 g/mol. The summed E-state index contributed by atoms with van der Waals surface area (Å²) in [5.74, 6) is 2.22. The van der Waals surface area contributed by atoms with Crippen LogP contribution < -0.4 is 19.9 Å². The lowest BCUT2D eigenvalue weighted by molar-refractivity contribution is 0.355. The van der Waals surface area contributed by atoms with Crippen molar-refractivity contribution in [2.24, 2.45) is 4.99 Å². The molecule has 0 bridgehead atoms. The molecule has 7 nitrogen and oxygen atoms in total. The van der Waals surface area contributed by atoms with Gasteiger partial charge in [-0.05, 0) is 42.0 Å². The number of nitrogens with two attached hydrogens (primary N) is 1. The van der Waals surface area contributed by atoms with E-state index in [1.165, 1.54) is 0 Å². The quantitative estimate of drug-likeness (QED) is 0.673. The molecule has 2 N–H and O–H groups in total. The summed E-state index contributed by atoms with van der Waals surface area (Å²) < 4.78 is 16.2. The Balaban J connectivity index is 1.80. The highest BCUT2D eigenvalue weighted by atomic mass is 16.5. The molecule has 0 atom stereocenters. The third-order valence-electron chi connectivity index (χ3n) is 5.00. The predicted octanol–water partition coefficient (Wildman–Crippen LogP) is 3.85. The number of aromatic nitrogens is 2. The Kier molecular flexibility index (Phi) is 5.34. The van der Waals surface area contributed by atoms with Crippen LogP contribution >= 0.6 is 0 Å². The van der Waals surface area contributed by atoms with Gasteiger partial charge in [0.25, 0.3) is 0 Å². The van der Waals surface area contributed by atoms with Crippen LogP contribution in [0.4, 0.5) is 5.82 Å². The molecule has 0 radical (unpaired) electrons. The zero-order valence-electron chi connectivity index (χ0n) is 17.0. The Morgan fingerprint density at radius 3 is 2.20 bits per heavy atom. The first kappa shape index (κ1) is 19.4. The van der Waals surface area contributed by atoms with Crippen molar-refractivity contribution in [2.45, 2.75) is 6.42 Å². The van der Waals surface area contributed by atoms with Crippen molar-refractivity contribution < 1.29 is 14.2 Å². The average Bonchev–Trinajstić information content (AvgIpc) is 3.25. The van der Waals surface area contributed by atoms with Gasteiger partial charge in [0.2, 0.25) is 0 Å². The van der Waals surface area contributed by atoms with Crippen molar-refractivity contribution in [2.75, 3.05) is 27.1 Å². The largest absolute Gasteiger partial charge is 0.493 e. The van der Waals surface area contributed by atoms with E-state index < -0.39 is 0 Å². The second kappa shape index (κ2) is 8.24. The molecule has 0 aliphatic carbocycles. The third kappa shape index (κ3) is 3.57. The number of hydrogen-bond donors (Lipinski definition) is 1. The molecule has 0 spiro atoms. The van der Waals surface area contributed by atoms with E-state index in [0.717, 1.165) is 33.7 Å². The lowest BCUT2D eigenvalue weighted by Gasteiger charge is -2.11. The van der Waals surface area contributed by atoms with Crippen LogP contribution in [0.3, 0.4) is 0 Å². The zero-order valence-corrected chi connectivity index (χ0v) is 17.0. The molecule has 0 saturated heterocycles. The topological polar surface area (TPSA) is 91.9 Å². The Morgan fingerprint density at radius 2 is 1.50 bits per heavy atom. The van der Waals surface area contributed by atoms with Crippen molar-refractivity contribution in [1.29, 1.82) is 0 Å². The van der Waals surface area contributed by atoms with Crippen LogP contribution in [0.1, 0.15) is 23.1 Å². The molecule has 152 valence electrons. The normalized spacial score (nSPS) is 13.2. The molecule has 4 rings (SSSR count). The van der Waals surface area contributed by atoms with E-state index in [4.69, 9.17) is 24.9 Å². The minimum atomic E-state index is 0.353. The fourth-order valence-corrected chi connectivity index (χ4v) is 3.45. The fraction of sp³-hybridized carbons (Fsp3) is 0.174. The van der Waals surface area contributed by atoms with Crippen LogP contribution in [0, 0.1) is 0 Å². The van der Waals surface area contributed by atoms with Crippen LogP contribution in [0.2, 0.25) is 0 Å². The van der Waals surface area contributed by atoms with Gasteiger partial charge >= 0.3 is 0 Å². The van der Waals surface area contributed by atoms with E-state index in [1.54, 1.807) is 39.9 Å². The predicted molar refractivity (Wildman–Crippen MR) is 117 cm³/mol. The maximum absolute atomic E-state index is 5.91. The highest BCUT2D eigenvalue weighted by Crippen LogP contribution is 2.39. The minimum absolute atomic E-state index is 0.353. The van der Waals surface area contributed by atoms with Gasteiger partial charge in [-0.3, -0.25) is 9.98 Å². The Morgan fingerprint density at radius 1 is 0.800 bits per heavy atom. The van der Waals surface area contributed by atoms with Gasteiger partial charge in [-0.2, -0.15) is 0 Å². The molecule has 0 fully saturated rings. The van der Waals surface area contributed by atoms with Crippen molar-refractivity contribution in [3.05, 3.63) is 71.7 Å². The second-order valence-corrected chi connectivity index (χ2v) is 6.68. The summed E-state index contributed by atoms with van der Waals surface area (Å²) in [6.07, 6.45) is 5.89. The summed E-state index contributed by atoms with van der Waals surface area (Å²) in [5.41, 5.74) is 11.6. The first-order valence-corrected chi connectivity index (χ1v) is 9.38. The van der Waals surface area contributed by atoms with Gasteiger partial charge in [0.15, 0.2) is 23.1 Å². The van der Waals surface area contributed by atoms with E-state index in [9.17, 15) is 0 Å². The number of pyridine rings is 2. The molecular weight excluding hydrogens is 380 g/mol. The van der Waals surface area contributed by atoms with E-state index in [2.05, 4.69) is 9.97 Å². The number of benzene rings is 1. The molecule has 3 heterocycles. The molecule has 3 aromatic rings. The molecule has 1 aromatic carbocycles. The van der Waals surface area contributed by atoms with Gasteiger partial charge in [0.05, 0.1) is 32.7 Å². The highest BCUT2D eigenvalue weighted by Gasteiger charge is 2.23. The van der Waals surface area contributed by atoms with Gasteiger partial charge < -0.3 is 19.9 Å². The smallest absolute Gasteiger partial charge is 0.166 e. The molecule has 7 heteroatoms. The van der Waals surface area contributed by atoms with Gasteiger partial charge in [-0.25, -0.2) is 4.98 Å². The van der Waals surface area contributed by atoms with Crippen molar-refractivity contribution in [1.82, 2.24) is 9.97 Å². The lowest BCUT2D eigenvalue weighted by atomic mass is 9.97. The Labute approximate surface area is 174 Å². The third-order valence-corrected chi connectivity index (χ3v) is 5.00. The molecule has 0 unspecified atom stereocenters. The second-order valence-electron chi connectivity index (χ2n) is 6.68. The number of rotatable bonds is 6. The SMILES string of the molecule is COc1ccc(C2=NC(c3ccncc3)=C(c3cnc(N)c(OC)c3)C2)cc1OC. The molecule has 1 aliphatic heterocycles. The maximum atomic E-state index is 5.91. The van der Waals surface area contributed by atoms with Crippen molar-refractivity contribution in [3.8, 4) is 17.2 Å². The highest BCUT2D eigenvalue weighted by molar-refractivity contribution is 6.17. The van der Waals surface area contributed by atoms with Crippen LogP contribution in [0.5, 0.6) is 17.2 Å². The first-order chi connectivity index (χ1) is 14.6. The van der Waals surface area contributed by atoms with Crippen molar-refractivity contribution in [3.63, 3.8) is 0 Å². The number of hydrogen-bond acceptors (Lipinski definition) is 7. The zero-order chi connectivity index (χ0) is 21.1. The van der Waals surface area contributed by atoms with Crippen LogP contribution in [0.25, 0.3) is 11.3 Å². The number of nitrogens with zero attached hydrogens (tertiary/aromatic N) is 3. The molecule has 30 heavy (non-hydrogen) atoms. The van der Waals surface area contributed by atoms with Crippen LogP contribution in [0.15, 0.2) is 60.0 Å². The number of anilines is 1. The molecule has 0 amide bonds. The Bertz CT molecular complexity index is 1140. The van der Waals surface area contributed by atoms with E-state index >= 15 is 0 Å². The van der Waals surface area contributed by atoms with E-state index in [-0.39, 0.29) is 0 Å². The lowest BCUT2D eigenvalue weighted by Crippen LogP contribution is -2.01. The number of ether oxygens (including phenoxy) is 3. The summed E-state index contributed by atoms with van der Waals surface area (Å²) >= 11 is 0. The molecular formula is C23H22N4O3. The van der Waals surface area contributed by atoms with Gasteiger partial charge in [0.1, 0.15) is 0 Å². The maximum Gasteiger partial charge on any atom is 0.166 e.